The van der Waals surface area contributed by atoms with Gasteiger partial charge in [-0.05, 0) is 36.2 Å². The zero-order valence-corrected chi connectivity index (χ0v) is 16.4. The lowest BCUT2D eigenvalue weighted by Gasteiger charge is -2.21. The predicted molar refractivity (Wildman–Crippen MR) is 106 cm³/mol. The topological polar surface area (TPSA) is 67.9 Å². The molecule has 0 aromatic heterocycles. The molecule has 0 heterocycles. The molecule has 144 valence electrons. The zero-order valence-electron chi connectivity index (χ0n) is 15.6. The van der Waals surface area contributed by atoms with Crippen molar-refractivity contribution in [2.45, 2.75) is 13.3 Å². The highest BCUT2D eigenvalue weighted by Gasteiger charge is 2.15. The molecule has 2 rings (SSSR count). The maximum Gasteiger partial charge on any atom is 0.244 e. The zero-order chi connectivity index (χ0) is 19.8. The van der Waals surface area contributed by atoms with Crippen LogP contribution in [0, 0.1) is 0 Å². The summed E-state index contributed by atoms with van der Waals surface area (Å²) in [5.41, 5.74) is 1.52. The van der Waals surface area contributed by atoms with Gasteiger partial charge >= 0.3 is 0 Å². The summed E-state index contributed by atoms with van der Waals surface area (Å²) in [5.74, 6) is 0.626. The first kappa shape index (κ1) is 20.6. The van der Waals surface area contributed by atoms with Crippen molar-refractivity contribution in [3.8, 4) is 11.5 Å². The van der Waals surface area contributed by atoms with Crippen LogP contribution in [0.3, 0.4) is 0 Å². The molecule has 1 N–H and O–H groups in total. The minimum Gasteiger partial charge on any atom is -0.497 e. The Balaban J connectivity index is 1.99. The second kappa shape index (κ2) is 9.83. The van der Waals surface area contributed by atoms with Crippen LogP contribution in [0.4, 0.5) is 5.69 Å². The number of ether oxygens (including phenoxy) is 2. The summed E-state index contributed by atoms with van der Waals surface area (Å²) in [6.45, 7) is 1.81. The molecule has 0 spiro atoms. The van der Waals surface area contributed by atoms with E-state index in [4.69, 9.17) is 21.1 Å². The minimum atomic E-state index is -0.306. The summed E-state index contributed by atoms with van der Waals surface area (Å²) in [4.78, 5) is 25.8. The molecule has 0 aliphatic heterocycles. The van der Waals surface area contributed by atoms with E-state index in [9.17, 15) is 9.59 Å². The number of nitrogens with one attached hydrogen (secondary N) is 1. The molecule has 0 aliphatic carbocycles. The van der Waals surface area contributed by atoms with Crippen LogP contribution in [0.5, 0.6) is 11.5 Å². The van der Waals surface area contributed by atoms with Crippen LogP contribution >= 0.6 is 11.6 Å². The molecule has 6 nitrogen and oxygen atoms in total. The fourth-order valence-corrected chi connectivity index (χ4v) is 2.78. The van der Waals surface area contributed by atoms with Gasteiger partial charge in [-0.1, -0.05) is 23.7 Å². The quantitative estimate of drug-likeness (QED) is 0.750. The van der Waals surface area contributed by atoms with E-state index in [1.54, 1.807) is 31.4 Å². The third-order valence-corrected chi connectivity index (χ3v) is 4.26. The van der Waals surface area contributed by atoms with E-state index < -0.39 is 0 Å². The molecule has 0 fully saturated rings. The molecule has 0 saturated carbocycles. The third-order valence-electron chi connectivity index (χ3n) is 4.02. The van der Waals surface area contributed by atoms with Gasteiger partial charge in [-0.2, -0.15) is 0 Å². The molecule has 0 aliphatic rings. The van der Waals surface area contributed by atoms with Gasteiger partial charge in [0.2, 0.25) is 11.8 Å². The van der Waals surface area contributed by atoms with Gasteiger partial charge in [0.15, 0.2) is 0 Å². The van der Waals surface area contributed by atoms with E-state index in [1.165, 1.54) is 18.9 Å². The Morgan fingerprint density at radius 2 is 1.89 bits per heavy atom. The predicted octanol–water partition coefficient (Wildman–Crippen LogP) is 3.39. The van der Waals surface area contributed by atoms with Gasteiger partial charge in [0.25, 0.3) is 0 Å². The number of anilines is 1. The first-order chi connectivity index (χ1) is 12.9. The van der Waals surface area contributed by atoms with Gasteiger partial charge in [0, 0.05) is 24.6 Å². The van der Waals surface area contributed by atoms with Crippen molar-refractivity contribution in [2.24, 2.45) is 0 Å². The summed E-state index contributed by atoms with van der Waals surface area (Å²) in [5, 5.41) is 3.42. The Bertz CT molecular complexity index is 810. The number of amides is 2. The van der Waals surface area contributed by atoms with E-state index in [1.807, 2.05) is 18.2 Å². The van der Waals surface area contributed by atoms with Crippen LogP contribution in [0.1, 0.15) is 12.5 Å². The minimum absolute atomic E-state index is 0.0505. The lowest BCUT2D eigenvalue weighted by molar-refractivity contribution is -0.132. The Morgan fingerprint density at radius 1 is 1.11 bits per heavy atom. The van der Waals surface area contributed by atoms with Gasteiger partial charge in [-0.3, -0.25) is 9.59 Å². The van der Waals surface area contributed by atoms with Crippen molar-refractivity contribution < 1.29 is 19.1 Å². The summed E-state index contributed by atoms with van der Waals surface area (Å²) >= 11 is 5.98. The molecule has 0 bridgehead atoms. The van der Waals surface area contributed by atoms with Crippen LogP contribution in [0.2, 0.25) is 5.02 Å². The average Bonchev–Trinajstić information content (AvgIpc) is 2.65. The van der Waals surface area contributed by atoms with Crippen LogP contribution < -0.4 is 14.8 Å². The van der Waals surface area contributed by atoms with E-state index in [2.05, 4.69) is 5.32 Å². The fraction of sp³-hybridized carbons (Fsp3) is 0.300. The maximum absolute atomic E-state index is 12.4. The monoisotopic (exact) mass is 390 g/mol. The lowest BCUT2D eigenvalue weighted by atomic mass is 10.1. The smallest absolute Gasteiger partial charge is 0.244 e. The van der Waals surface area contributed by atoms with Crippen molar-refractivity contribution in [2.75, 3.05) is 32.6 Å². The summed E-state index contributed by atoms with van der Waals surface area (Å²) in [6, 6.07) is 12.5. The number of hydrogen-bond donors (Lipinski definition) is 1. The normalized spacial score (nSPS) is 10.2. The van der Waals surface area contributed by atoms with Gasteiger partial charge in [0.05, 0.1) is 26.5 Å². The Morgan fingerprint density at radius 3 is 2.52 bits per heavy atom. The van der Waals surface area contributed by atoms with E-state index in [-0.39, 0.29) is 18.4 Å². The molecule has 7 heteroatoms. The molecular formula is C20H23ClN2O4. The van der Waals surface area contributed by atoms with Crippen molar-refractivity contribution in [1.29, 1.82) is 0 Å². The standard InChI is InChI=1S/C20H23ClN2O4/c1-14(24)23(10-9-15-5-4-6-16(21)11-15)13-20(25)22-18-8-7-17(26-2)12-19(18)27-3/h4-8,11-12H,9-10,13H2,1-3H3,(H,22,25). The number of nitrogens with zero attached hydrogens (tertiary/aromatic N) is 1. The maximum atomic E-state index is 12.4. The van der Waals surface area contributed by atoms with Crippen LogP contribution in [0.15, 0.2) is 42.5 Å². The molecule has 0 atom stereocenters. The van der Waals surface area contributed by atoms with Crippen molar-refractivity contribution >= 4 is 29.1 Å². The largest absolute Gasteiger partial charge is 0.497 e. The number of carbonyl (C=O) groups is 2. The van der Waals surface area contributed by atoms with Crippen LogP contribution in [-0.2, 0) is 16.0 Å². The van der Waals surface area contributed by atoms with E-state index >= 15 is 0 Å². The SMILES string of the molecule is COc1ccc(NC(=O)CN(CCc2cccc(Cl)c2)C(C)=O)c(OC)c1. The Labute approximate surface area is 164 Å². The number of rotatable bonds is 8. The molecule has 0 unspecified atom stereocenters. The second-order valence-corrected chi connectivity index (χ2v) is 6.37. The summed E-state index contributed by atoms with van der Waals surface area (Å²) < 4.78 is 10.4. The first-order valence-electron chi connectivity index (χ1n) is 8.44. The fourth-order valence-electron chi connectivity index (χ4n) is 2.57. The van der Waals surface area contributed by atoms with Gasteiger partial charge < -0.3 is 19.7 Å². The average molecular weight is 391 g/mol. The molecular weight excluding hydrogens is 368 g/mol. The first-order valence-corrected chi connectivity index (χ1v) is 8.82. The van der Waals surface area contributed by atoms with Gasteiger partial charge in [-0.25, -0.2) is 0 Å². The van der Waals surface area contributed by atoms with E-state index in [0.717, 1.165) is 5.56 Å². The Kier molecular flexibility index (Phi) is 7.49. The molecule has 2 amide bonds. The number of benzene rings is 2. The highest BCUT2D eigenvalue weighted by Crippen LogP contribution is 2.28. The van der Waals surface area contributed by atoms with Crippen molar-refractivity contribution in [3.05, 3.63) is 53.1 Å². The number of hydrogen-bond acceptors (Lipinski definition) is 4. The van der Waals surface area contributed by atoms with Gasteiger partial charge in [0.1, 0.15) is 11.5 Å². The Hall–Kier alpha value is -2.73. The number of carbonyl (C=O) groups excluding carboxylic acids is 2. The van der Waals surface area contributed by atoms with Gasteiger partial charge in [-0.15, -0.1) is 0 Å². The van der Waals surface area contributed by atoms with Crippen LogP contribution in [-0.4, -0.2) is 44.0 Å². The highest BCUT2D eigenvalue weighted by atomic mass is 35.5. The lowest BCUT2D eigenvalue weighted by Crippen LogP contribution is -2.38. The molecule has 2 aromatic carbocycles. The molecule has 2 aromatic rings. The van der Waals surface area contributed by atoms with Crippen molar-refractivity contribution in [1.82, 2.24) is 4.90 Å². The molecule has 0 radical (unpaired) electrons. The molecule has 0 saturated heterocycles. The summed E-state index contributed by atoms with van der Waals surface area (Å²) in [6.07, 6.45) is 0.610. The summed E-state index contributed by atoms with van der Waals surface area (Å²) in [7, 11) is 3.06. The number of methoxy groups -OCH3 is 2. The molecule has 27 heavy (non-hydrogen) atoms. The van der Waals surface area contributed by atoms with E-state index in [0.29, 0.717) is 35.2 Å². The van der Waals surface area contributed by atoms with Crippen molar-refractivity contribution in [3.63, 3.8) is 0 Å². The second-order valence-electron chi connectivity index (χ2n) is 5.93. The van der Waals surface area contributed by atoms with Crippen LogP contribution in [0.25, 0.3) is 0 Å². The highest BCUT2D eigenvalue weighted by molar-refractivity contribution is 6.30. The number of halogens is 1. The third kappa shape index (κ3) is 6.18.